The maximum Gasteiger partial charge on any atom is 0.317 e. The molecule has 176 valence electrons. The molecule has 2 bridgehead atoms. The molecular formula is C26H19BrN2O5S. The Bertz CT molecular complexity index is 1650. The molecule has 0 N–H and O–H groups in total. The van der Waals surface area contributed by atoms with Gasteiger partial charge < -0.3 is 13.9 Å². The zero-order valence-corrected chi connectivity index (χ0v) is 21.1. The SMILES string of the molecule is COC(=O)[C@H]1[C@H]2c3ccccc3O[C@@]1(C)N=c1s/c(=C/c3ccc(-c4ccc(Br)cc4)o3)c(=O)n12. The number of thiazole rings is 1. The fourth-order valence-electron chi connectivity index (χ4n) is 4.76. The lowest BCUT2D eigenvalue weighted by molar-refractivity contribution is -0.158. The van der Waals surface area contributed by atoms with Gasteiger partial charge in [-0.25, -0.2) is 4.99 Å². The topological polar surface area (TPSA) is 83.0 Å². The van der Waals surface area contributed by atoms with Crippen LogP contribution in [0.5, 0.6) is 5.75 Å². The van der Waals surface area contributed by atoms with Gasteiger partial charge in [-0.3, -0.25) is 14.2 Å². The Morgan fingerprint density at radius 1 is 1.17 bits per heavy atom. The Morgan fingerprint density at radius 2 is 1.94 bits per heavy atom. The number of hydrogen-bond acceptors (Lipinski definition) is 7. The lowest BCUT2D eigenvalue weighted by Crippen LogP contribution is -2.58. The van der Waals surface area contributed by atoms with Crippen molar-refractivity contribution in [2.24, 2.45) is 10.9 Å². The molecule has 4 aromatic rings. The number of methoxy groups -OCH3 is 1. The van der Waals surface area contributed by atoms with Crippen LogP contribution in [0.25, 0.3) is 17.4 Å². The predicted molar refractivity (Wildman–Crippen MR) is 134 cm³/mol. The molecule has 0 saturated heterocycles. The number of aromatic nitrogens is 1. The number of para-hydroxylation sites is 1. The second-order valence-corrected chi connectivity index (χ2v) is 10.5. The van der Waals surface area contributed by atoms with Gasteiger partial charge in [0.15, 0.2) is 4.80 Å². The van der Waals surface area contributed by atoms with E-state index in [9.17, 15) is 9.59 Å². The van der Waals surface area contributed by atoms with E-state index in [4.69, 9.17) is 18.9 Å². The molecule has 9 heteroatoms. The van der Waals surface area contributed by atoms with Crippen LogP contribution in [-0.2, 0) is 9.53 Å². The molecule has 0 unspecified atom stereocenters. The molecule has 0 fully saturated rings. The smallest absolute Gasteiger partial charge is 0.317 e. The molecular weight excluding hydrogens is 532 g/mol. The number of furan rings is 1. The number of esters is 1. The van der Waals surface area contributed by atoms with Gasteiger partial charge in [0.05, 0.1) is 17.7 Å². The van der Waals surface area contributed by atoms with Crippen molar-refractivity contribution in [2.75, 3.05) is 7.11 Å². The third-order valence-corrected chi connectivity index (χ3v) is 7.88. The first-order chi connectivity index (χ1) is 16.9. The number of nitrogens with zero attached hydrogens (tertiary/aromatic N) is 2. The van der Waals surface area contributed by atoms with Gasteiger partial charge in [0.25, 0.3) is 5.56 Å². The number of rotatable bonds is 3. The average molecular weight is 551 g/mol. The van der Waals surface area contributed by atoms with Gasteiger partial charge in [-0.05, 0) is 37.3 Å². The van der Waals surface area contributed by atoms with E-state index in [2.05, 4.69) is 15.9 Å². The number of ether oxygens (including phenoxy) is 2. The Balaban J connectivity index is 1.51. The summed E-state index contributed by atoms with van der Waals surface area (Å²) in [4.78, 5) is 31.7. The van der Waals surface area contributed by atoms with Crippen LogP contribution in [0.2, 0.25) is 0 Å². The van der Waals surface area contributed by atoms with Gasteiger partial charge in [-0.2, -0.15) is 0 Å². The van der Waals surface area contributed by atoms with Crippen molar-refractivity contribution < 1.29 is 18.7 Å². The molecule has 4 heterocycles. The quantitative estimate of drug-likeness (QED) is 0.361. The number of carbonyl (C=O) groups is 1. The van der Waals surface area contributed by atoms with E-state index >= 15 is 0 Å². The van der Waals surface area contributed by atoms with Gasteiger partial charge in [-0.15, -0.1) is 0 Å². The number of carbonyl (C=O) groups excluding carboxylic acids is 1. The van der Waals surface area contributed by atoms with Crippen LogP contribution >= 0.6 is 27.3 Å². The second kappa shape index (κ2) is 8.07. The van der Waals surface area contributed by atoms with Crippen LogP contribution < -0.4 is 19.6 Å². The molecule has 35 heavy (non-hydrogen) atoms. The van der Waals surface area contributed by atoms with Crippen LogP contribution in [0, 0.1) is 5.92 Å². The molecule has 2 aromatic heterocycles. The molecule has 7 nitrogen and oxygen atoms in total. The molecule has 0 radical (unpaired) electrons. The fraction of sp³-hybridized carbons (Fsp3) is 0.192. The summed E-state index contributed by atoms with van der Waals surface area (Å²) >= 11 is 4.68. The number of fused-ring (bicyclic) bond motifs is 6. The van der Waals surface area contributed by atoms with E-state index in [0.29, 0.717) is 26.6 Å². The Morgan fingerprint density at radius 3 is 2.71 bits per heavy atom. The van der Waals surface area contributed by atoms with E-state index in [1.165, 1.54) is 18.4 Å². The van der Waals surface area contributed by atoms with E-state index in [1.807, 2.05) is 60.7 Å². The van der Waals surface area contributed by atoms with Crippen molar-refractivity contribution in [1.29, 1.82) is 0 Å². The van der Waals surface area contributed by atoms with Crippen LogP contribution in [0.4, 0.5) is 0 Å². The highest BCUT2D eigenvalue weighted by atomic mass is 79.9. The second-order valence-electron chi connectivity index (χ2n) is 8.53. The van der Waals surface area contributed by atoms with Gasteiger partial charge in [0, 0.05) is 21.7 Å². The van der Waals surface area contributed by atoms with Gasteiger partial charge in [0.2, 0.25) is 5.72 Å². The van der Waals surface area contributed by atoms with Gasteiger partial charge >= 0.3 is 5.97 Å². The Kier molecular flexibility index (Phi) is 5.08. The minimum absolute atomic E-state index is 0.243. The average Bonchev–Trinajstić information content (AvgIpc) is 3.42. The molecule has 0 spiro atoms. The summed E-state index contributed by atoms with van der Waals surface area (Å²) in [7, 11) is 1.33. The van der Waals surface area contributed by atoms with E-state index < -0.39 is 23.7 Å². The summed E-state index contributed by atoms with van der Waals surface area (Å²) in [5.41, 5.74) is 0.244. The lowest BCUT2D eigenvalue weighted by Gasteiger charge is -2.44. The van der Waals surface area contributed by atoms with Crippen molar-refractivity contribution in [1.82, 2.24) is 4.57 Å². The van der Waals surface area contributed by atoms with E-state index in [1.54, 1.807) is 17.6 Å². The molecule has 0 aliphatic carbocycles. The first-order valence-electron chi connectivity index (χ1n) is 10.9. The molecule has 0 amide bonds. The lowest BCUT2D eigenvalue weighted by atomic mass is 9.81. The summed E-state index contributed by atoms with van der Waals surface area (Å²) < 4.78 is 20.3. The minimum Gasteiger partial charge on any atom is -0.469 e. The summed E-state index contributed by atoms with van der Waals surface area (Å²) in [5.74, 6) is 0.571. The van der Waals surface area contributed by atoms with Crippen molar-refractivity contribution >= 4 is 39.3 Å². The zero-order valence-electron chi connectivity index (χ0n) is 18.7. The van der Waals surface area contributed by atoms with Crippen molar-refractivity contribution in [3.8, 4) is 17.1 Å². The summed E-state index contributed by atoms with van der Waals surface area (Å²) in [6.07, 6.45) is 1.71. The largest absolute Gasteiger partial charge is 0.469 e. The molecule has 0 saturated carbocycles. The monoisotopic (exact) mass is 550 g/mol. The number of hydrogen-bond donors (Lipinski definition) is 0. The van der Waals surface area contributed by atoms with Crippen LogP contribution in [-0.4, -0.2) is 23.4 Å². The molecule has 2 aliphatic heterocycles. The first-order valence-corrected chi connectivity index (χ1v) is 12.5. The Hall–Kier alpha value is -3.43. The van der Waals surface area contributed by atoms with Gasteiger partial charge in [0.1, 0.15) is 23.2 Å². The third kappa shape index (κ3) is 3.49. The van der Waals surface area contributed by atoms with Crippen molar-refractivity contribution in [3.05, 3.63) is 96.1 Å². The molecule has 2 aromatic carbocycles. The van der Waals surface area contributed by atoms with Crippen LogP contribution in [0.3, 0.4) is 0 Å². The first kappa shape index (κ1) is 22.1. The number of benzene rings is 2. The van der Waals surface area contributed by atoms with Crippen molar-refractivity contribution in [3.63, 3.8) is 0 Å². The Labute approximate surface area is 212 Å². The van der Waals surface area contributed by atoms with Gasteiger partial charge in [-0.1, -0.05) is 57.6 Å². The molecule has 3 atom stereocenters. The standard InChI is InChI=1S/C26H19BrN2O5S/c1-26-21(24(31)32-2)22(17-5-3-4-6-19(17)34-26)29-23(30)20(35-25(29)28-26)13-16-11-12-18(33-16)14-7-9-15(27)10-8-14/h3-13,21-22H,1-2H3/b20-13+/t21-,22-,26-/m1/s1. The van der Waals surface area contributed by atoms with Crippen molar-refractivity contribution in [2.45, 2.75) is 18.7 Å². The fourth-order valence-corrected chi connectivity index (χ4v) is 6.10. The third-order valence-electron chi connectivity index (χ3n) is 6.36. The maximum atomic E-state index is 13.6. The maximum absolute atomic E-state index is 13.6. The van der Waals surface area contributed by atoms with E-state index in [0.717, 1.165) is 15.6 Å². The zero-order chi connectivity index (χ0) is 24.3. The highest BCUT2D eigenvalue weighted by molar-refractivity contribution is 9.10. The summed E-state index contributed by atoms with van der Waals surface area (Å²) in [6.45, 7) is 1.76. The number of halogens is 1. The molecule has 2 aliphatic rings. The predicted octanol–water partition coefficient (Wildman–Crippen LogP) is 3.88. The normalized spacial score (nSPS) is 22.5. The highest BCUT2D eigenvalue weighted by Crippen LogP contribution is 2.47. The minimum atomic E-state index is -1.19. The van der Waals surface area contributed by atoms with E-state index in [-0.39, 0.29) is 5.56 Å². The summed E-state index contributed by atoms with van der Waals surface area (Å²) in [6, 6.07) is 18.3. The molecule has 6 rings (SSSR count). The summed E-state index contributed by atoms with van der Waals surface area (Å²) in [5, 5.41) is 0. The highest BCUT2D eigenvalue weighted by Gasteiger charge is 2.55. The van der Waals surface area contributed by atoms with Crippen LogP contribution in [0.15, 0.2) is 79.3 Å². The van der Waals surface area contributed by atoms with Crippen LogP contribution in [0.1, 0.15) is 24.3 Å².